The highest BCUT2D eigenvalue weighted by Gasteiger charge is 2.32. The zero-order valence-electron chi connectivity index (χ0n) is 14.9. The Balaban J connectivity index is 1.71. The molecule has 4 nitrogen and oxygen atoms in total. The first-order valence-corrected chi connectivity index (χ1v) is 9.24. The number of ether oxygens (including phenoxy) is 2. The summed E-state index contributed by atoms with van der Waals surface area (Å²) in [6, 6.07) is 5.98. The Labute approximate surface area is 145 Å². The minimum absolute atomic E-state index is 0.117. The number of likely N-dealkylation sites (tertiary alicyclic amines) is 1. The molecule has 1 heterocycles. The van der Waals surface area contributed by atoms with Gasteiger partial charge in [-0.1, -0.05) is 25.7 Å². The summed E-state index contributed by atoms with van der Waals surface area (Å²) in [5, 5.41) is 0. The van der Waals surface area contributed by atoms with Crippen LogP contribution >= 0.6 is 0 Å². The summed E-state index contributed by atoms with van der Waals surface area (Å²) in [6.07, 6.45) is 9.09. The van der Waals surface area contributed by atoms with E-state index in [1.807, 2.05) is 18.2 Å². The van der Waals surface area contributed by atoms with E-state index < -0.39 is 0 Å². The van der Waals surface area contributed by atoms with Crippen LogP contribution in [0.4, 0.5) is 0 Å². The molecule has 0 bridgehead atoms. The Morgan fingerprint density at radius 3 is 2.62 bits per heavy atom. The van der Waals surface area contributed by atoms with E-state index in [1.54, 1.807) is 14.2 Å². The van der Waals surface area contributed by atoms with Crippen molar-refractivity contribution in [3.63, 3.8) is 0 Å². The quantitative estimate of drug-likeness (QED) is 0.778. The number of hydrogen-bond acceptors (Lipinski definition) is 3. The van der Waals surface area contributed by atoms with Gasteiger partial charge in [0.1, 0.15) is 11.5 Å². The second-order valence-corrected chi connectivity index (χ2v) is 7.04. The molecule has 0 radical (unpaired) electrons. The third-order valence-corrected chi connectivity index (χ3v) is 5.61. The monoisotopic (exact) mass is 331 g/mol. The molecular formula is C20H29NO3. The third-order valence-electron chi connectivity index (χ3n) is 5.61. The molecule has 1 saturated heterocycles. The first-order chi connectivity index (χ1) is 11.7. The van der Waals surface area contributed by atoms with Gasteiger partial charge in [-0.15, -0.1) is 0 Å². The second kappa shape index (κ2) is 7.91. The Morgan fingerprint density at radius 2 is 1.92 bits per heavy atom. The van der Waals surface area contributed by atoms with E-state index in [9.17, 15) is 4.79 Å². The lowest BCUT2D eigenvalue weighted by Gasteiger charge is -2.27. The highest BCUT2D eigenvalue weighted by molar-refractivity contribution is 5.77. The molecule has 0 aromatic heterocycles. The van der Waals surface area contributed by atoms with Gasteiger partial charge in [0.2, 0.25) is 5.91 Å². The number of hydrogen-bond donors (Lipinski definition) is 0. The highest BCUT2D eigenvalue weighted by Crippen LogP contribution is 2.39. The number of nitrogens with zero attached hydrogens (tertiary/aromatic N) is 1. The standard InChI is InChI=1S/C20H29NO3/c1-23-16-10-11-19(24-2)17(14-16)18-8-5-13-21(18)20(22)12-9-15-6-3-4-7-15/h10-11,14-15,18H,3-9,12-13H2,1-2H3/t18-/m1/s1. The molecule has 1 saturated carbocycles. The van der Waals surface area contributed by atoms with Crippen LogP contribution in [0.25, 0.3) is 0 Å². The van der Waals surface area contributed by atoms with Crippen molar-refractivity contribution in [2.75, 3.05) is 20.8 Å². The molecule has 2 aliphatic rings. The van der Waals surface area contributed by atoms with Crippen molar-refractivity contribution in [3.05, 3.63) is 23.8 Å². The molecule has 2 fully saturated rings. The lowest BCUT2D eigenvalue weighted by atomic mass is 10.00. The van der Waals surface area contributed by atoms with Gasteiger partial charge in [-0.25, -0.2) is 0 Å². The fourth-order valence-electron chi connectivity index (χ4n) is 4.26. The van der Waals surface area contributed by atoms with Crippen LogP contribution in [-0.2, 0) is 4.79 Å². The van der Waals surface area contributed by atoms with Gasteiger partial charge < -0.3 is 14.4 Å². The molecule has 4 heteroatoms. The van der Waals surface area contributed by atoms with Gasteiger partial charge in [-0.3, -0.25) is 4.79 Å². The number of carbonyl (C=O) groups excluding carboxylic acids is 1. The first-order valence-electron chi connectivity index (χ1n) is 9.24. The molecule has 0 unspecified atom stereocenters. The molecule has 1 amide bonds. The van der Waals surface area contributed by atoms with E-state index in [0.29, 0.717) is 12.3 Å². The fourth-order valence-corrected chi connectivity index (χ4v) is 4.26. The molecule has 1 aromatic rings. The smallest absolute Gasteiger partial charge is 0.223 e. The van der Waals surface area contributed by atoms with Crippen molar-refractivity contribution < 1.29 is 14.3 Å². The first kappa shape index (κ1) is 17.1. The third kappa shape index (κ3) is 3.68. The number of methoxy groups -OCH3 is 2. The molecule has 1 aliphatic heterocycles. The van der Waals surface area contributed by atoms with Crippen LogP contribution in [0.15, 0.2) is 18.2 Å². The second-order valence-electron chi connectivity index (χ2n) is 7.04. The van der Waals surface area contributed by atoms with Gasteiger partial charge in [0.15, 0.2) is 0 Å². The van der Waals surface area contributed by atoms with Crippen molar-refractivity contribution in [3.8, 4) is 11.5 Å². The Bertz CT molecular complexity index is 566. The van der Waals surface area contributed by atoms with E-state index in [1.165, 1.54) is 25.7 Å². The molecule has 0 N–H and O–H groups in total. The number of amides is 1. The molecule has 1 atom stereocenters. The summed E-state index contributed by atoms with van der Waals surface area (Å²) in [7, 11) is 3.36. The summed E-state index contributed by atoms with van der Waals surface area (Å²) in [5.74, 6) is 2.72. The van der Waals surface area contributed by atoms with Crippen molar-refractivity contribution in [1.29, 1.82) is 0 Å². The predicted octanol–water partition coefficient (Wildman–Crippen LogP) is 4.34. The summed E-state index contributed by atoms with van der Waals surface area (Å²) >= 11 is 0. The van der Waals surface area contributed by atoms with Gasteiger partial charge in [-0.2, -0.15) is 0 Å². The van der Waals surface area contributed by atoms with Crippen LogP contribution in [-0.4, -0.2) is 31.6 Å². The number of benzene rings is 1. The maximum Gasteiger partial charge on any atom is 0.223 e. The number of carbonyl (C=O) groups is 1. The van der Waals surface area contributed by atoms with Gasteiger partial charge in [-0.05, 0) is 43.4 Å². The van der Waals surface area contributed by atoms with Crippen LogP contribution in [0, 0.1) is 5.92 Å². The van der Waals surface area contributed by atoms with Crippen LogP contribution in [0.3, 0.4) is 0 Å². The summed E-state index contributed by atoms with van der Waals surface area (Å²) in [5.41, 5.74) is 1.07. The van der Waals surface area contributed by atoms with E-state index in [2.05, 4.69) is 4.90 Å². The minimum Gasteiger partial charge on any atom is -0.497 e. The van der Waals surface area contributed by atoms with Crippen molar-refractivity contribution in [2.24, 2.45) is 5.92 Å². The molecular weight excluding hydrogens is 302 g/mol. The van der Waals surface area contributed by atoms with Crippen LogP contribution < -0.4 is 9.47 Å². The summed E-state index contributed by atoms with van der Waals surface area (Å²) < 4.78 is 10.9. The van der Waals surface area contributed by atoms with Crippen LogP contribution in [0.1, 0.15) is 63.0 Å². The van der Waals surface area contributed by atoms with Crippen molar-refractivity contribution in [1.82, 2.24) is 4.90 Å². The average Bonchev–Trinajstić information content (AvgIpc) is 3.30. The average molecular weight is 331 g/mol. The minimum atomic E-state index is 0.117. The van der Waals surface area contributed by atoms with E-state index in [0.717, 1.165) is 48.8 Å². The number of rotatable bonds is 6. The molecule has 132 valence electrons. The van der Waals surface area contributed by atoms with Crippen molar-refractivity contribution >= 4 is 5.91 Å². The topological polar surface area (TPSA) is 38.8 Å². The lowest BCUT2D eigenvalue weighted by Crippen LogP contribution is -2.30. The van der Waals surface area contributed by atoms with Crippen molar-refractivity contribution in [2.45, 2.75) is 57.4 Å². The Kier molecular flexibility index (Phi) is 5.64. The summed E-state index contributed by atoms with van der Waals surface area (Å²) in [6.45, 7) is 0.856. The zero-order chi connectivity index (χ0) is 16.9. The molecule has 24 heavy (non-hydrogen) atoms. The van der Waals surface area contributed by atoms with E-state index in [4.69, 9.17) is 9.47 Å². The van der Waals surface area contributed by atoms with Gasteiger partial charge in [0.05, 0.1) is 20.3 Å². The maximum atomic E-state index is 12.8. The Morgan fingerprint density at radius 1 is 1.12 bits per heavy atom. The van der Waals surface area contributed by atoms with Gasteiger partial charge >= 0.3 is 0 Å². The van der Waals surface area contributed by atoms with E-state index >= 15 is 0 Å². The van der Waals surface area contributed by atoms with Gasteiger partial charge in [0, 0.05) is 18.5 Å². The predicted molar refractivity (Wildman–Crippen MR) is 94.4 cm³/mol. The van der Waals surface area contributed by atoms with Gasteiger partial charge in [0.25, 0.3) is 0 Å². The zero-order valence-corrected chi connectivity index (χ0v) is 14.9. The molecule has 0 spiro atoms. The maximum absolute atomic E-state index is 12.8. The normalized spacial score (nSPS) is 21.2. The highest BCUT2D eigenvalue weighted by atomic mass is 16.5. The molecule has 1 aliphatic carbocycles. The largest absolute Gasteiger partial charge is 0.497 e. The lowest BCUT2D eigenvalue weighted by molar-refractivity contribution is -0.132. The van der Waals surface area contributed by atoms with Crippen LogP contribution in [0.5, 0.6) is 11.5 Å². The Hall–Kier alpha value is -1.71. The summed E-state index contributed by atoms with van der Waals surface area (Å²) in [4.78, 5) is 14.9. The molecule has 3 rings (SSSR count). The SMILES string of the molecule is COc1ccc(OC)c([C@H]2CCCN2C(=O)CCC2CCCC2)c1. The molecule has 1 aromatic carbocycles. The fraction of sp³-hybridized carbons (Fsp3) is 0.650. The van der Waals surface area contributed by atoms with Crippen LogP contribution in [0.2, 0.25) is 0 Å². The van der Waals surface area contributed by atoms with E-state index in [-0.39, 0.29) is 6.04 Å².